The average molecular weight is 482 g/mol. The maximum Gasteiger partial charge on any atom is 0.241 e. The van der Waals surface area contributed by atoms with Crippen LogP contribution >= 0.6 is 0 Å². The number of methoxy groups -OCH3 is 1. The van der Waals surface area contributed by atoms with Crippen LogP contribution in [0.3, 0.4) is 0 Å². The van der Waals surface area contributed by atoms with Gasteiger partial charge in [0, 0.05) is 13.1 Å². The van der Waals surface area contributed by atoms with E-state index in [4.69, 9.17) is 4.74 Å². The Morgan fingerprint density at radius 3 is 2.24 bits per heavy atom. The molecule has 1 atom stereocenters. The first-order valence-electron chi connectivity index (χ1n) is 11.0. The molecule has 0 bridgehead atoms. The minimum atomic E-state index is -3.85. The topological polar surface area (TPSA) is 87.7 Å². The summed E-state index contributed by atoms with van der Waals surface area (Å²) in [4.78, 5) is 14.8. The highest BCUT2D eigenvalue weighted by Crippen LogP contribution is 2.24. The molecule has 7 nitrogen and oxygen atoms in total. The van der Waals surface area contributed by atoms with Gasteiger partial charge in [-0.15, -0.1) is 0 Å². The Labute approximate surface area is 201 Å². The number of hydrogen-bond donors (Lipinski definition) is 2. The molecular formula is C26H31N3O4S. The van der Waals surface area contributed by atoms with Crippen LogP contribution in [0.5, 0.6) is 5.75 Å². The molecule has 0 aliphatic carbocycles. The van der Waals surface area contributed by atoms with Crippen molar-refractivity contribution in [3.05, 3.63) is 83.9 Å². The number of benzene rings is 3. The van der Waals surface area contributed by atoms with Crippen molar-refractivity contribution < 1.29 is 17.9 Å². The van der Waals surface area contributed by atoms with Gasteiger partial charge in [-0.1, -0.05) is 48.5 Å². The van der Waals surface area contributed by atoms with Crippen LogP contribution in [0.2, 0.25) is 0 Å². The molecule has 3 rings (SSSR count). The molecule has 3 aromatic carbocycles. The summed E-state index contributed by atoms with van der Waals surface area (Å²) in [6.45, 7) is 2.66. The largest absolute Gasteiger partial charge is 0.497 e. The monoisotopic (exact) mass is 481 g/mol. The number of carbonyl (C=O) groups is 1. The molecule has 1 amide bonds. The minimum absolute atomic E-state index is 0.0657. The second-order valence-electron chi connectivity index (χ2n) is 8.33. The van der Waals surface area contributed by atoms with Crippen molar-refractivity contribution in [1.29, 1.82) is 0 Å². The Hall–Kier alpha value is -3.20. The van der Waals surface area contributed by atoms with Crippen molar-refractivity contribution in [2.75, 3.05) is 21.2 Å². The van der Waals surface area contributed by atoms with Crippen molar-refractivity contribution in [2.24, 2.45) is 0 Å². The van der Waals surface area contributed by atoms with E-state index in [2.05, 4.69) is 39.2 Å². The van der Waals surface area contributed by atoms with Crippen molar-refractivity contribution in [2.45, 2.75) is 31.0 Å². The van der Waals surface area contributed by atoms with Crippen LogP contribution in [0.25, 0.3) is 11.1 Å². The van der Waals surface area contributed by atoms with Gasteiger partial charge in [0.25, 0.3) is 0 Å². The number of carbonyl (C=O) groups excluding carboxylic acids is 1. The Morgan fingerprint density at radius 1 is 0.971 bits per heavy atom. The van der Waals surface area contributed by atoms with Crippen molar-refractivity contribution in [1.82, 2.24) is 14.9 Å². The smallest absolute Gasteiger partial charge is 0.241 e. The summed E-state index contributed by atoms with van der Waals surface area (Å²) < 4.78 is 32.7. The summed E-state index contributed by atoms with van der Waals surface area (Å²) in [5.74, 6) is 0.143. The summed E-state index contributed by atoms with van der Waals surface area (Å²) >= 11 is 0. The van der Waals surface area contributed by atoms with Crippen molar-refractivity contribution >= 4 is 15.9 Å². The van der Waals surface area contributed by atoms with Crippen molar-refractivity contribution in [3.63, 3.8) is 0 Å². The Kier molecular flexibility index (Phi) is 8.44. The number of rotatable bonds is 10. The first kappa shape index (κ1) is 25.4. The molecule has 0 aliphatic rings. The van der Waals surface area contributed by atoms with Gasteiger partial charge in [-0.2, -0.15) is 4.72 Å². The first-order valence-corrected chi connectivity index (χ1v) is 12.4. The highest BCUT2D eigenvalue weighted by atomic mass is 32.2. The lowest BCUT2D eigenvalue weighted by molar-refractivity contribution is -0.122. The van der Waals surface area contributed by atoms with Crippen molar-refractivity contribution in [3.8, 4) is 16.9 Å². The second kappa shape index (κ2) is 11.3. The number of sulfonamides is 1. The van der Waals surface area contributed by atoms with Gasteiger partial charge in [-0.05, 0) is 67.5 Å². The average Bonchev–Trinajstić information content (AvgIpc) is 2.82. The number of hydrogen-bond acceptors (Lipinski definition) is 5. The third-order valence-corrected chi connectivity index (χ3v) is 6.89. The van der Waals surface area contributed by atoms with Gasteiger partial charge in [-0.3, -0.25) is 4.79 Å². The maximum absolute atomic E-state index is 12.7. The van der Waals surface area contributed by atoms with Crippen LogP contribution in [0.1, 0.15) is 18.1 Å². The lowest BCUT2D eigenvalue weighted by Gasteiger charge is -2.16. The molecule has 2 N–H and O–H groups in total. The van der Waals surface area contributed by atoms with Gasteiger partial charge >= 0.3 is 0 Å². The molecular weight excluding hydrogens is 450 g/mol. The van der Waals surface area contributed by atoms with Crippen LogP contribution in [-0.4, -0.2) is 46.5 Å². The molecule has 0 radical (unpaired) electrons. The fourth-order valence-electron chi connectivity index (χ4n) is 3.56. The lowest BCUT2D eigenvalue weighted by Crippen LogP contribution is -2.44. The maximum atomic E-state index is 12.7. The quantitative estimate of drug-likeness (QED) is 0.463. The molecule has 34 heavy (non-hydrogen) atoms. The van der Waals surface area contributed by atoms with E-state index in [1.807, 2.05) is 38.4 Å². The van der Waals surface area contributed by atoms with E-state index in [0.717, 1.165) is 23.2 Å². The zero-order valence-corrected chi connectivity index (χ0v) is 20.7. The van der Waals surface area contributed by atoms with Crippen LogP contribution in [0, 0.1) is 0 Å². The summed E-state index contributed by atoms with van der Waals surface area (Å²) in [5, 5.41) is 2.85. The second-order valence-corrected chi connectivity index (χ2v) is 10.0. The normalized spacial score (nSPS) is 12.4. The molecule has 0 saturated carbocycles. The zero-order chi connectivity index (χ0) is 24.7. The zero-order valence-electron chi connectivity index (χ0n) is 19.9. The van der Waals surface area contributed by atoms with Crippen LogP contribution in [0.15, 0.2) is 77.7 Å². The molecule has 0 fully saturated rings. The van der Waals surface area contributed by atoms with E-state index in [0.29, 0.717) is 5.75 Å². The molecule has 0 spiro atoms. The molecule has 0 heterocycles. The summed E-state index contributed by atoms with van der Waals surface area (Å²) in [7, 11) is 1.72. The number of nitrogens with zero attached hydrogens (tertiary/aromatic N) is 1. The highest BCUT2D eigenvalue weighted by Gasteiger charge is 2.22. The summed E-state index contributed by atoms with van der Waals surface area (Å²) in [5.41, 5.74) is 4.24. The Morgan fingerprint density at radius 2 is 1.62 bits per heavy atom. The predicted octanol–water partition coefficient (Wildman–Crippen LogP) is 3.41. The van der Waals surface area contributed by atoms with Gasteiger partial charge in [0.1, 0.15) is 5.75 Å². The van der Waals surface area contributed by atoms with Crippen LogP contribution < -0.4 is 14.8 Å². The van der Waals surface area contributed by atoms with Crippen LogP contribution in [-0.2, 0) is 27.9 Å². The Balaban J connectivity index is 1.65. The van der Waals surface area contributed by atoms with E-state index in [-0.39, 0.29) is 11.4 Å². The lowest BCUT2D eigenvalue weighted by atomic mass is 9.98. The number of amides is 1. The third kappa shape index (κ3) is 6.66. The van der Waals surface area contributed by atoms with Crippen LogP contribution in [0.4, 0.5) is 0 Å². The third-order valence-electron chi connectivity index (χ3n) is 5.33. The summed E-state index contributed by atoms with van der Waals surface area (Å²) in [6.07, 6.45) is 0. The number of ether oxygens (including phenoxy) is 1. The van der Waals surface area contributed by atoms with Gasteiger partial charge in [0.15, 0.2) is 0 Å². The van der Waals surface area contributed by atoms with Gasteiger partial charge in [0.05, 0.1) is 18.0 Å². The van der Waals surface area contributed by atoms with Gasteiger partial charge < -0.3 is 15.0 Å². The minimum Gasteiger partial charge on any atom is -0.497 e. The van der Waals surface area contributed by atoms with E-state index in [9.17, 15) is 13.2 Å². The molecule has 0 aromatic heterocycles. The Bertz CT molecular complexity index is 1210. The molecule has 180 valence electrons. The highest BCUT2D eigenvalue weighted by molar-refractivity contribution is 7.89. The van der Waals surface area contributed by atoms with Gasteiger partial charge in [-0.25, -0.2) is 8.42 Å². The molecule has 8 heteroatoms. The first-order chi connectivity index (χ1) is 16.2. The predicted molar refractivity (Wildman–Crippen MR) is 134 cm³/mol. The number of nitrogens with one attached hydrogen (secondary N) is 2. The van der Waals surface area contributed by atoms with E-state index < -0.39 is 22.0 Å². The SMILES string of the molecule is COc1ccc(S(=O)(=O)N[C@@H](C)C(=O)NCc2ccccc2-c2ccc(CN(C)C)cc2)cc1. The molecule has 0 saturated heterocycles. The van der Waals surface area contributed by atoms with E-state index in [1.165, 1.54) is 31.7 Å². The standard InChI is InChI=1S/C26H31N3O4S/c1-19(28-34(31,32)24-15-13-23(33-4)14-16-24)26(30)27-17-22-7-5-6-8-25(22)21-11-9-20(10-12-21)18-29(2)3/h5-16,19,28H,17-18H2,1-4H3,(H,27,30)/t19-/m0/s1. The fourth-order valence-corrected chi connectivity index (χ4v) is 4.76. The fraction of sp³-hybridized carbons (Fsp3) is 0.269. The molecule has 3 aromatic rings. The van der Waals surface area contributed by atoms with E-state index in [1.54, 1.807) is 12.1 Å². The van der Waals surface area contributed by atoms with E-state index >= 15 is 0 Å². The summed E-state index contributed by atoms with van der Waals surface area (Å²) in [6, 6.07) is 21.2. The van der Waals surface area contributed by atoms with Gasteiger partial charge in [0.2, 0.25) is 15.9 Å². The molecule has 0 aliphatic heterocycles. The molecule has 0 unspecified atom stereocenters.